The van der Waals surface area contributed by atoms with Gasteiger partial charge in [0, 0.05) is 0 Å². The molecule has 64 valence electrons. The summed E-state index contributed by atoms with van der Waals surface area (Å²) in [5.74, 6) is 0. The maximum atomic E-state index is 4.85. The Morgan fingerprint density at radius 2 is 1.09 bits per heavy atom. The van der Waals surface area contributed by atoms with Crippen molar-refractivity contribution < 1.29 is 0 Å². The molecule has 0 spiro atoms. The molecule has 0 aromatic heterocycles. The van der Waals surface area contributed by atoms with E-state index in [-0.39, 0.29) is 4.49 Å². The van der Waals surface area contributed by atoms with Gasteiger partial charge in [0.1, 0.15) is 0 Å². The summed E-state index contributed by atoms with van der Waals surface area (Å²) in [6.07, 6.45) is 3.28. The van der Waals surface area contributed by atoms with Crippen LogP contribution in [0.15, 0.2) is 48.5 Å². The predicted molar refractivity (Wildman–Crippen MR) is 57.3 cm³/mol. The van der Waals surface area contributed by atoms with Crippen molar-refractivity contribution >= 4 is 34.8 Å². The van der Waals surface area contributed by atoms with E-state index in [9.17, 15) is 0 Å². The van der Waals surface area contributed by atoms with Crippen LogP contribution < -0.4 is 0 Å². The molecule has 0 rings (SSSR count). The summed E-state index contributed by atoms with van der Waals surface area (Å²) in [6, 6.07) is 0. The molecule has 11 heavy (non-hydrogen) atoms. The fourth-order valence-corrected chi connectivity index (χ4v) is 0. The summed E-state index contributed by atoms with van der Waals surface area (Å²) in [5, 5.41) is 0. The second-order valence-electron chi connectivity index (χ2n) is 0.964. The lowest BCUT2D eigenvalue weighted by Crippen LogP contribution is -1.24. The van der Waals surface area contributed by atoms with Gasteiger partial charge >= 0.3 is 0 Å². The van der Waals surface area contributed by atoms with Crippen molar-refractivity contribution in [1.82, 2.24) is 0 Å². The van der Waals surface area contributed by atoms with Crippen LogP contribution in [0.3, 0.4) is 0 Å². The molecule has 0 N–H and O–H groups in total. The fraction of sp³-hybridized carbons (Fsp3) is 0. The molecule has 0 heterocycles. The summed E-state index contributed by atoms with van der Waals surface area (Å²) >= 11 is 14.5. The van der Waals surface area contributed by atoms with Crippen LogP contribution in [0, 0.1) is 0 Å². The van der Waals surface area contributed by atoms with Gasteiger partial charge in [-0.25, -0.2) is 0 Å². The summed E-state index contributed by atoms with van der Waals surface area (Å²) in [7, 11) is 0. The molecular formula is C8H11Cl3. The second kappa shape index (κ2) is 22.5. The van der Waals surface area contributed by atoms with E-state index in [0.29, 0.717) is 0 Å². The van der Waals surface area contributed by atoms with E-state index in [1.165, 1.54) is 5.54 Å². The van der Waals surface area contributed by atoms with Gasteiger partial charge in [0.05, 0.1) is 4.49 Å². The Morgan fingerprint density at radius 3 is 1.09 bits per heavy atom. The molecule has 0 aliphatic rings. The van der Waals surface area contributed by atoms with E-state index in [0.717, 1.165) is 0 Å². The molecule has 0 unspecified atom stereocenters. The first-order valence-corrected chi connectivity index (χ1v) is 3.70. The second-order valence-corrected chi connectivity index (χ2v) is 2.38. The van der Waals surface area contributed by atoms with Gasteiger partial charge in [-0.3, -0.25) is 0 Å². The van der Waals surface area contributed by atoms with Gasteiger partial charge in [0.25, 0.3) is 0 Å². The van der Waals surface area contributed by atoms with Crippen molar-refractivity contribution in [2.24, 2.45) is 0 Å². The largest absolute Gasteiger partial charge is 0.0992 e. The van der Waals surface area contributed by atoms with Crippen molar-refractivity contribution in [2.75, 3.05) is 0 Å². The van der Waals surface area contributed by atoms with Crippen LogP contribution in [0.4, 0.5) is 0 Å². The van der Waals surface area contributed by atoms with Gasteiger partial charge in [0.2, 0.25) is 0 Å². The average Bonchev–Trinajstić information content (AvgIpc) is 1.88. The number of hydrogen-bond donors (Lipinski definition) is 0. The number of halogens is 3. The van der Waals surface area contributed by atoms with Crippen molar-refractivity contribution in [3.8, 4) is 0 Å². The average molecular weight is 214 g/mol. The maximum Gasteiger partial charge on any atom is 0.0992 e. The molecule has 0 aromatic carbocycles. The van der Waals surface area contributed by atoms with Crippen molar-refractivity contribution in [3.63, 3.8) is 0 Å². The smallest absolute Gasteiger partial charge is 0.0991 e. The first-order valence-electron chi connectivity index (χ1n) is 2.51. The van der Waals surface area contributed by atoms with Gasteiger partial charge in [0.15, 0.2) is 0 Å². The highest BCUT2D eigenvalue weighted by molar-refractivity contribution is 6.55. The highest BCUT2D eigenvalue weighted by Crippen LogP contribution is 1.98. The van der Waals surface area contributed by atoms with Crippen LogP contribution in [0.25, 0.3) is 0 Å². The Labute approximate surface area is 83.5 Å². The van der Waals surface area contributed by atoms with E-state index < -0.39 is 0 Å². The molecule has 0 aliphatic carbocycles. The molecule has 0 aliphatic heterocycles. The molecule has 0 fully saturated rings. The highest BCUT2D eigenvalue weighted by atomic mass is 35.5. The Balaban J connectivity index is -0.0000000886. The topological polar surface area (TPSA) is 0 Å². The Bertz CT molecular complexity index is 107. The SMILES string of the molecule is C=C(Cl)Cl.C=CC=C.C=CCl. The molecule has 0 saturated carbocycles. The predicted octanol–water partition coefficient (Wildman–Crippen LogP) is 4.66. The van der Waals surface area contributed by atoms with Crippen LogP contribution in [0.5, 0.6) is 0 Å². The minimum absolute atomic E-state index is 0.111. The van der Waals surface area contributed by atoms with E-state index in [4.69, 9.17) is 34.8 Å². The van der Waals surface area contributed by atoms with Crippen LogP contribution in [0.1, 0.15) is 0 Å². The molecule has 3 heteroatoms. The molecular weight excluding hydrogens is 202 g/mol. The fourth-order valence-electron chi connectivity index (χ4n) is 0. The zero-order chi connectivity index (χ0) is 9.70. The Hall–Kier alpha value is -0.170. The summed E-state index contributed by atoms with van der Waals surface area (Å²) < 4.78 is 0.111. The van der Waals surface area contributed by atoms with E-state index in [2.05, 4.69) is 26.3 Å². The monoisotopic (exact) mass is 212 g/mol. The van der Waals surface area contributed by atoms with Gasteiger partial charge in [-0.2, -0.15) is 0 Å². The van der Waals surface area contributed by atoms with Crippen LogP contribution in [0.2, 0.25) is 0 Å². The first-order chi connectivity index (χ1) is 5.06. The summed E-state index contributed by atoms with van der Waals surface area (Å²) in [5.41, 5.74) is 1.22. The lowest BCUT2D eigenvalue weighted by atomic mass is 10.6. The van der Waals surface area contributed by atoms with Crippen LogP contribution in [-0.2, 0) is 0 Å². The molecule has 0 bridgehead atoms. The molecule has 0 amide bonds. The molecule has 0 atom stereocenters. The van der Waals surface area contributed by atoms with E-state index in [1.54, 1.807) is 12.2 Å². The number of hydrogen-bond acceptors (Lipinski definition) is 0. The van der Waals surface area contributed by atoms with Crippen molar-refractivity contribution in [3.05, 3.63) is 48.5 Å². The molecule has 0 radical (unpaired) electrons. The minimum atomic E-state index is 0.111. The Kier molecular flexibility index (Phi) is 35.0. The normalized spacial score (nSPS) is 5.36. The third kappa shape index (κ3) is 875. The van der Waals surface area contributed by atoms with Gasteiger partial charge in [-0.15, -0.1) is 0 Å². The van der Waals surface area contributed by atoms with E-state index >= 15 is 0 Å². The first kappa shape index (κ1) is 17.1. The quantitative estimate of drug-likeness (QED) is 0.556. The van der Waals surface area contributed by atoms with Crippen LogP contribution >= 0.6 is 34.8 Å². The molecule has 0 saturated heterocycles. The zero-order valence-corrected chi connectivity index (χ0v) is 8.46. The van der Waals surface area contributed by atoms with Crippen molar-refractivity contribution in [2.45, 2.75) is 0 Å². The minimum Gasteiger partial charge on any atom is -0.0991 e. The molecule has 0 nitrogen and oxygen atoms in total. The lowest BCUT2D eigenvalue weighted by Gasteiger charge is -1.57. The third-order valence-electron chi connectivity index (χ3n) is 0.167. The highest BCUT2D eigenvalue weighted by Gasteiger charge is 1.60. The number of rotatable bonds is 1. The van der Waals surface area contributed by atoms with Gasteiger partial charge < -0.3 is 0 Å². The zero-order valence-electron chi connectivity index (χ0n) is 6.19. The van der Waals surface area contributed by atoms with Crippen molar-refractivity contribution in [1.29, 1.82) is 0 Å². The lowest BCUT2D eigenvalue weighted by molar-refractivity contribution is 2.15. The van der Waals surface area contributed by atoms with Gasteiger partial charge in [-0.05, 0) is 5.54 Å². The standard InChI is InChI=1S/C4H6.C2H2Cl2.C2H3Cl/c1-3-4-2;1-2(3)4;1-2-3/h3-4H,1-2H2;1H2;2H,1H2. The van der Waals surface area contributed by atoms with Crippen LogP contribution in [-0.4, -0.2) is 0 Å². The Morgan fingerprint density at radius 1 is 1.00 bits per heavy atom. The summed E-state index contributed by atoms with van der Waals surface area (Å²) in [4.78, 5) is 0. The van der Waals surface area contributed by atoms with E-state index in [1.807, 2.05) is 0 Å². The summed E-state index contributed by atoms with van der Waals surface area (Å²) in [6.45, 7) is 12.9. The van der Waals surface area contributed by atoms with Gasteiger partial charge in [-0.1, -0.05) is 73.3 Å². The number of allylic oxidation sites excluding steroid dienone is 2. The third-order valence-corrected chi connectivity index (χ3v) is 0.167. The molecule has 0 aromatic rings. The maximum absolute atomic E-state index is 4.85.